The third kappa shape index (κ3) is 3.52. The molecular weight excluding hydrogens is 327 g/mol. The molecule has 132 valence electrons. The van der Waals surface area contributed by atoms with Crippen LogP contribution in [0.3, 0.4) is 0 Å². The summed E-state index contributed by atoms with van der Waals surface area (Å²) in [5, 5.41) is 0. The van der Waals surface area contributed by atoms with E-state index in [-0.39, 0.29) is 5.82 Å². The quantitative estimate of drug-likeness (QED) is 0.718. The van der Waals surface area contributed by atoms with Gasteiger partial charge in [0.2, 0.25) is 0 Å². The lowest BCUT2D eigenvalue weighted by molar-refractivity contribution is 0.624. The Kier molecular flexibility index (Phi) is 4.52. The topological polar surface area (TPSA) is 32.3 Å². The number of benzene rings is 2. The van der Waals surface area contributed by atoms with Gasteiger partial charge in [-0.05, 0) is 31.2 Å². The van der Waals surface area contributed by atoms with Crippen molar-refractivity contribution in [1.82, 2.24) is 9.97 Å². The number of hydrogen-bond donors (Lipinski definition) is 0. The Bertz CT molecular complexity index is 872. The fourth-order valence-electron chi connectivity index (χ4n) is 3.32. The van der Waals surface area contributed by atoms with Crippen molar-refractivity contribution in [2.24, 2.45) is 0 Å². The first-order valence-electron chi connectivity index (χ1n) is 8.85. The van der Waals surface area contributed by atoms with Crippen molar-refractivity contribution in [3.8, 4) is 11.3 Å². The van der Waals surface area contributed by atoms with Crippen LogP contribution in [0.25, 0.3) is 11.3 Å². The Morgan fingerprint density at radius 3 is 2.15 bits per heavy atom. The minimum atomic E-state index is -0.197. The van der Waals surface area contributed by atoms with E-state index in [4.69, 9.17) is 0 Å². The van der Waals surface area contributed by atoms with E-state index in [0.29, 0.717) is 0 Å². The molecule has 1 saturated heterocycles. The van der Waals surface area contributed by atoms with Crippen molar-refractivity contribution in [2.45, 2.75) is 6.92 Å². The van der Waals surface area contributed by atoms with E-state index < -0.39 is 0 Å². The van der Waals surface area contributed by atoms with E-state index in [9.17, 15) is 4.39 Å². The predicted molar refractivity (Wildman–Crippen MR) is 103 cm³/mol. The second-order valence-corrected chi connectivity index (χ2v) is 6.48. The number of aryl methyl sites for hydroxylation is 1. The average Bonchev–Trinajstić information content (AvgIpc) is 2.69. The molecule has 1 aromatic heterocycles. The zero-order valence-electron chi connectivity index (χ0n) is 14.8. The van der Waals surface area contributed by atoms with Crippen LogP contribution in [0.15, 0.2) is 60.7 Å². The molecule has 0 saturated carbocycles. The van der Waals surface area contributed by atoms with E-state index in [2.05, 4.69) is 38.0 Å². The van der Waals surface area contributed by atoms with Gasteiger partial charge in [0.25, 0.3) is 0 Å². The molecule has 1 aliphatic rings. The van der Waals surface area contributed by atoms with Gasteiger partial charge in [0, 0.05) is 43.5 Å². The lowest BCUT2D eigenvalue weighted by atomic mass is 10.1. The summed E-state index contributed by atoms with van der Waals surface area (Å²) in [6.07, 6.45) is 0. The Morgan fingerprint density at radius 1 is 0.808 bits per heavy atom. The summed E-state index contributed by atoms with van der Waals surface area (Å²) < 4.78 is 13.1. The first-order chi connectivity index (χ1) is 12.7. The lowest BCUT2D eigenvalue weighted by Gasteiger charge is -2.36. The van der Waals surface area contributed by atoms with Crippen LogP contribution < -0.4 is 9.80 Å². The number of aromatic nitrogens is 2. The van der Waals surface area contributed by atoms with Gasteiger partial charge < -0.3 is 9.80 Å². The molecule has 26 heavy (non-hydrogen) atoms. The summed E-state index contributed by atoms with van der Waals surface area (Å²) in [7, 11) is 0. The molecule has 0 bridgehead atoms. The van der Waals surface area contributed by atoms with Crippen molar-refractivity contribution < 1.29 is 4.39 Å². The van der Waals surface area contributed by atoms with Gasteiger partial charge in [-0.1, -0.05) is 30.3 Å². The Hall–Kier alpha value is -2.95. The highest BCUT2D eigenvalue weighted by molar-refractivity contribution is 5.63. The maximum absolute atomic E-state index is 13.1. The van der Waals surface area contributed by atoms with Gasteiger partial charge in [-0.3, -0.25) is 0 Å². The minimum absolute atomic E-state index is 0.197. The van der Waals surface area contributed by atoms with E-state index in [0.717, 1.165) is 54.8 Å². The number of hydrogen-bond acceptors (Lipinski definition) is 4. The van der Waals surface area contributed by atoms with Gasteiger partial charge >= 0.3 is 0 Å². The number of halogens is 1. The molecule has 1 fully saturated rings. The molecule has 0 aliphatic carbocycles. The molecule has 0 amide bonds. The van der Waals surface area contributed by atoms with Crippen LogP contribution in [0.2, 0.25) is 0 Å². The number of nitrogens with zero attached hydrogens (tertiary/aromatic N) is 4. The standard InChI is InChI=1S/C21H21FN4/c1-16-23-20(17-5-3-2-4-6-17)15-21(24-16)26-13-11-25(12-14-26)19-9-7-18(22)8-10-19/h2-10,15H,11-14H2,1H3. The monoisotopic (exact) mass is 348 g/mol. The van der Waals surface area contributed by atoms with Crippen LogP contribution in [0.4, 0.5) is 15.9 Å². The van der Waals surface area contributed by atoms with Crippen molar-refractivity contribution in [1.29, 1.82) is 0 Å². The van der Waals surface area contributed by atoms with Crippen molar-refractivity contribution in [2.75, 3.05) is 36.0 Å². The SMILES string of the molecule is Cc1nc(-c2ccccc2)cc(N2CCN(c3ccc(F)cc3)CC2)n1. The van der Waals surface area contributed by atoms with Gasteiger partial charge in [-0.2, -0.15) is 0 Å². The second-order valence-electron chi connectivity index (χ2n) is 6.48. The molecule has 4 rings (SSSR count). The highest BCUT2D eigenvalue weighted by atomic mass is 19.1. The summed E-state index contributed by atoms with van der Waals surface area (Å²) in [5.41, 5.74) is 3.12. The molecule has 2 aromatic carbocycles. The number of anilines is 2. The molecular formula is C21H21FN4. The zero-order valence-corrected chi connectivity index (χ0v) is 14.8. The van der Waals surface area contributed by atoms with Crippen LogP contribution in [-0.4, -0.2) is 36.1 Å². The molecule has 4 nitrogen and oxygen atoms in total. The maximum Gasteiger partial charge on any atom is 0.132 e. The van der Waals surface area contributed by atoms with Crippen LogP contribution in [0.1, 0.15) is 5.82 Å². The Balaban J connectivity index is 1.51. The molecule has 0 unspecified atom stereocenters. The molecule has 0 spiro atoms. The van der Waals surface area contributed by atoms with Crippen LogP contribution >= 0.6 is 0 Å². The van der Waals surface area contributed by atoms with E-state index in [1.165, 1.54) is 12.1 Å². The van der Waals surface area contributed by atoms with Crippen molar-refractivity contribution in [3.63, 3.8) is 0 Å². The molecule has 0 atom stereocenters. The largest absolute Gasteiger partial charge is 0.368 e. The summed E-state index contributed by atoms with van der Waals surface area (Å²) in [5.74, 6) is 1.55. The Morgan fingerprint density at radius 2 is 1.46 bits per heavy atom. The number of rotatable bonds is 3. The molecule has 0 radical (unpaired) electrons. The smallest absolute Gasteiger partial charge is 0.132 e. The molecule has 5 heteroatoms. The summed E-state index contributed by atoms with van der Waals surface area (Å²) in [6, 6.07) is 19.0. The third-order valence-electron chi connectivity index (χ3n) is 4.69. The highest BCUT2D eigenvalue weighted by Gasteiger charge is 2.19. The van der Waals surface area contributed by atoms with Crippen LogP contribution in [0.5, 0.6) is 0 Å². The van der Waals surface area contributed by atoms with Crippen LogP contribution in [-0.2, 0) is 0 Å². The van der Waals surface area contributed by atoms with Crippen LogP contribution in [0, 0.1) is 12.7 Å². The van der Waals surface area contributed by atoms with E-state index >= 15 is 0 Å². The number of piperazine rings is 1. The highest BCUT2D eigenvalue weighted by Crippen LogP contribution is 2.24. The van der Waals surface area contributed by atoms with Gasteiger partial charge in [-0.25, -0.2) is 14.4 Å². The summed E-state index contributed by atoms with van der Waals surface area (Å²) in [6.45, 7) is 5.46. The van der Waals surface area contributed by atoms with Gasteiger partial charge in [-0.15, -0.1) is 0 Å². The molecule has 3 aromatic rings. The lowest BCUT2D eigenvalue weighted by Crippen LogP contribution is -2.46. The van der Waals surface area contributed by atoms with Gasteiger partial charge in [0.15, 0.2) is 0 Å². The van der Waals surface area contributed by atoms with Crippen molar-refractivity contribution in [3.05, 3.63) is 72.3 Å². The van der Waals surface area contributed by atoms with Gasteiger partial charge in [0.05, 0.1) is 5.69 Å². The first kappa shape index (κ1) is 16.5. The predicted octanol–water partition coefficient (Wildman–Crippen LogP) is 3.92. The Labute approximate surface area is 152 Å². The molecule has 0 N–H and O–H groups in total. The maximum atomic E-state index is 13.1. The minimum Gasteiger partial charge on any atom is -0.368 e. The summed E-state index contributed by atoms with van der Waals surface area (Å²) >= 11 is 0. The third-order valence-corrected chi connectivity index (χ3v) is 4.69. The molecule has 2 heterocycles. The van der Waals surface area contributed by atoms with Gasteiger partial charge in [0.1, 0.15) is 17.5 Å². The average molecular weight is 348 g/mol. The fourth-order valence-corrected chi connectivity index (χ4v) is 3.32. The zero-order chi connectivity index (χ0) is 17.9. The summed E-state index contributed by atoms with van der Waals surface area (Å²) in [4.78, 5) is 13.8. The van der Waals surface area contributed by atoms with E-state index in [1.807, 2.05) is 37.3 Å². The first-order valence-corrected chi connectivity index (χ1v) is 8.85. The fraction of sp³-hybridized carbons (Fsp3) is 0.238. The normalized spacial score (nSPS) is 14.5. The van der Waals surface area contributed by atoms with E-state index in [1.54, 1.807) is 0 Å². The molecule has 1 aliphatic heterocycles. The second kappa shape index (κ2) is 7.12. The van der Waals surface area contributed by atoms with Crippen molar-refractivity contribution >= 4 is 11.5 Å².